The van der Waals surface area contributed by atoms with E-state index in [-0.39, 0.29) is 23.5 Å². The molecule has 2 aliphatic heterocycles. The first-order chi connectivity index (χ1) is 16.9. The highest BCUT2D eigenvalue weighted by Crippen LogP contribution is 2.39. The smallest absolute Gasteiger partial charge is 0.298 e. The quantitative estimate of drug-likeness (QED) is 0.388. The lowest BCUT2D eigenvalue weighted by Gasteiger charge is -2.13. The molecule has 0 saturated carbocycles. The Bertz CT molecular complexity index is 1370. The van der Waals surface area contributed by atoms with Crippen LogP contribution in [0.2, 0.25) is 5.02 Å². The zero-order chi connectivity index (χ0) is 24.5. The maximum absolute atomic E-state index is 13.1. The number of amides is 3. The minimum atomic E-state index is -0.432. The van der Waals surface area contributed by atoms with Gasteiger partial charge in [-0.1, -0.05) is 39.7 Å². The molecule has 0 bridgehead atoms. The maximum Gasteiger partial charge on any atom is 0.298 e. The normalized spacial score (nSPS) is 19.3. The molecule has 3 heterocycles. The number of rotatable bonds is 6. The van der Waals surface area contributed by atoms with Crippen molar-refractivity contribution >= 4 is 79.0 Å². The van der Waals surface area contributed by atoms with Gasteiger partial charge in [-0.2, -0.15) is 0 Å². The second-order valence-electron chi connectivity index (χ2n) is 8.28. The molecule has 0 unspecified atom stereocenters. The number of benzene rings is 2. The summed E-state index contributed by atoms with van der Waals surface area (Å²) in [5.74, 6) is -0.552. The van der Waals surface area contributed by atoms with Crippen LogP contribution >= 0.6 is 39.3 Å². The summed E-state index contributed by atoms with van der Waals surface area (Å²) in [6, 6.07) is 12.5. The second kappa shape index (κ2) is 10.2. The first-order valence-electron chi connectivity index (χ1n) is 11.1. The number of ether oxygens (including phenoxy) is 1. The fourth-order valence-corrected chi connectivity index (χ4v) is 5.64. The van der Waals surface area contributed by atoms with Gasteiger partial charge in [0.1, 0.15) is 6.54 Å². The fourth-order valence-electron chi connectivity index (χ4n) is 4.24. The van der Waals surface area contributed by atoms with Crippen molar-refractivity contribution in [3.05, 3.63) is 68.6 Å². The lowest BCUT2D eigenvalue weighted by atomic mass is 10.1. The van der Waals surface area contributed by atoms with E-state index in [4.69, 9.17) is 16.3 Å². The molecule has 7 nitrogen and oxygen atoms in total. The van der Waals surface area contributed by atoms with Crippen LogP contribution < -0.4 is 10.2 Å². The molecule has 0 aliphatic carbocycles. The number of thioether (sulfide) groups is 1. The van der Waals surface area contributed by atoms with E-state index in [2.05, 4.69) is 21.2 Å². The average Bonchev–Trinajstić information content (AvgIpc) is 3.53. The highest BCUT2D eigenvalue weighted by atomic mass is 79.9. The number of carbonyl (C=O) groups excluding carboxylic acids is 3. The van der Waals surface area contributed by atoms with E-state index < -0.39 is 11.1 Å². The number of imide groups is 1. The Kier molecular flexibility index (Phi) is 7.02. The van der Waals surface area contributed by atoms with Crippen molar-refractivity contribution in [2.75, 3.05) is 18.1 Å². The van der Waals surface area contributed by atoms with Gasteiger partial charge in [0, 0.05) is 40.3 Å². The second-order valence-corrected chi connectivity index (χ2v) is 10.6. The van der Waals surface area contributed by atoms with Gasteiger partial charge in [-0.3, -0.25) is 14.4 Å². The molecule has 2 aromatic carbocycles. The highest BCUT2D eigenvalue weighted by molar-refractivity contribution is 9.10. The number of fused-ring (bicyclic) bond motifs is 1. The Morgan fingerprint density at radius 1 is 1.26 bits per heavy atom. The minimum Gasteiger partial charge on any atom is -0.376 e. The molecule has 10 heteroatoms. The van der Waals surface area contributed by atoms with Gasteiger partial charge in [0.05, 0.1) is 21.7 Å². The van der Waals surface area contributed by atoms with Gasteiger partial charge in [-0.05, 0) is 61.0 Å². The lowest BCUT2D eigenvalue weighted by molar-refractivity contribution is -0.122. The number of nitrogens with zero attached hydrogens (tertiary/aromatic N) is 2. The third-order valence-corrected chi connectivity index (χ3v) is 7.59. The molecule has 0 radical (unpaired) electrons. The number of halogens is 2. The Morgan fingerprint density at radius 2 is 2.09 bits per heavy atom. The first-order valence-corrected chi connectivity index (χ1v) is 13.1. The van der Waals surface area contributed by atoms with Crippen LogP contribution in [0.4, 0.5) is 10.5 Å². The Hall–Kier alpha value is -2.59. The molecule has 2 saturated heterocycles. The summed E-state index contributed by atoms with van der Waals surface area (Å²) in [5.41, 5.74) is 1.93. The molecule has 180 valence electrons. The zero-order valence-corrected chi connectivity index (χ0v) is 21.7. The van der Waals surface area contributed by atoms with Crippen LogP contribution in [0.15, 0.2) is 58.0 Å². The topological polar surface area (TPSA) is 80.6 Å². The predicted octanol–water partition coefficient (Wildman–Crippen LogP) is 5.59. The summed E-state index contributed by atoms with van der Waals surface area (Å²) < 4.78 is 8.28. The maximum atomic E-state index is 13.1. The molecule has 1 aromatic heterocycles. The van der Waals surface area contributed by atoms with Crippen molar-refractivity contribution in [2.45, 2.75) is 25.5 Å². The summed E-state index contributed by atoms with van der Waals surface area (Å²) in [4.78, 5) is 39.8. The fraction of sp³-hybridized carbons (Fsp3) is 0.240. The van der Waals surface area contributed by atoms with Gasteiger partial charge >= 0.3 is 0 Å². The van der Waals surface area contributed by atoms with Crippen molar-refractivity contribution in [2.24, 2.45) is 0 Å². The summed E-state index contributed by atoms with van der Waals surface area (Å²) in [6.45, 7) is 1.36. The average molecular weight is 575 g/mol. The van der Waals surface area contributed by atoms with Crippen LogP contribution in [0.1, 0.15) is 18.4 Å². The van der Waals surface area contributed by atoms with E-state index in [1.54, 1.807) is 30.3 Å². The van der Waals surface area contributed by atoms with Gasteiger partial charge in [0.2, 0.25) is 5.91 Å². The third-order valence-electron chi connectivity index (χ3n) is 5.91. The number of aromatic nitrogens is 1. The van der Waals surface area contributed by atoms with E-state index in [9.17, 15) is 14.4 Å². The standard InChI is InChI=1S/C25H21BrClN3O4S/c26-16-7-8-20-18(11-16)15(13-29(20)14-23(31)28-12-17-4-3-9-34-17)10-22-24(32)30(25(33)35-22)21-6-2-1-5-19(21)27/h1-2,5-8,10-11,13,17H,3-4,9,12,14H2,(H,28,31)/b22-10-/t17-/m0/s1. The first kappa shape index (κ1) is 24.1. The largest absolute Gasteiger partial charge is 0.376 e. The number of anilines is 1. The van der Waals surface area contributed by atoms with Crippen LogP contribution in [0.25, 0.3) is 17.0 Å². The SMILES string of the molecule is O=C(Cn1cc(/C=C2\SC(=O)N(c3ccccc3Cl)C2=O)c2cc(Br)ccc21)NC[C@@H]1CCCO1. The number of carbonyl (C=O) groups is 3. The molecule has 1 N–H and O–H groups in total. The molecule has 3 aromatic rings. The third kappa shape index (κ3) is 5.04. The van der Waals surface area contributed by atoms with E-state index in [0.29, 0.717) is 17.3 Å². The van der Waals surface area contributed by atoms with E-state index in [1.165, 1.54) is 0 Å². The number of hydrogen-bond donors (Lipinski definition) is 1. The summed E-state index contributed by atoms with van der Waals surface area (Å²) in [7, 11) is 0. The molecule has 2 aliphatic rings. The van der Waals surface area contributed by atoms with Gasteiger partial charge in [0.25, 0.3) is 11.1 Å². The Labute approximate surface area is 219 Å². The minimum absolute atomic E-state index is 0.0700. The molecule has 3 amide bonds. The Balaban J connectivity index is 1.42. The highest BCUT2D eigenvalue weighted by Gasteiger charge is 2.37. The van der Waals surface area contributed by atoms with Crippen LogP contribution in [-0.4, -0.2) is 40.9 Å². The molecular weight excluding hydrogens is 554 g/mol. The van der Waals surface area contributed by atoms with Gasteiger partial charge in [-0.25, -0.2) is 4.90 Å². The van der Waals surface area contributed by atoms with Gasteiger partial charge in [0.15, 0.2) is 0 Å². The zero-order valence-electron chi connectivity index (χ0n) is 18.5. The van der Waals surface area contributed by atoms with Crippen molar-refractivity contribution in [1.82, 2.24) is 9.88 Å². The predicted molar refractivity (Wildman–Crippen MR) is 142 cm³/mol. The van der Waals surface area contributed by atoms with E-state index in [1.807, 2.05) is 29.0 Å². The van der Waals surface area contributed by atoms with Crippen molar-refractivity contribution in [3.63, 3.8) is 0 Å². The van der Waals surface area contributed by atoms with E-state index in [0.717, 1.165) is 57.0 Å². The van der Waals surface area contributed by atoms with Crippen LogP contribution in [-0.2, 0) is 20.9 Å². The van der Waals surface area contributed by atoms with E-state index >= 15 is 0 Å². The lowest BCUT2D eigenvalue weighted by Crippen LogP contribution is -2.34. The van der Waals surface area contributed by atoms with Crippen molar-refractivity contribution < 1.29 is 19.1 Å². The monoisotopic (exact) mass is 573 g/mol. The summed E-state index contributed by atoms with van der Waals surface area (Å²) in [6.07, 6.45) is 5.56. The summed E-state index contributed by atoms with van der Waals surface area (Å²) >= 11 is 10.6. The van der Waals surface area contributed by atoms with Crippen molar-refractivity contribution in [1.29, 1.82) is 0 Å². The van der Waals surface area contributed by atoms with Gasteiger partial charge in [-0.15, -0.1) is 0 Å². The van der Waals surface area contributed by atoms with Gasteiger partial charge < -0.3 is 14.6 Å². The molecule has 35 heavy (non-hydrogen) atoms. The van der Waals surface area contributed by atoms with Crippen LogP contribution in [0.3, 0.4) is 0 Å². The molecule has 2 fully saturated rings. The number of hydrogen-bond acceptors (Lipinski definition) is 5. The van der Waals surface area contributed by atoms with Crippen molar-refractivity contribution in [3.8, 4) is 0 Å². The van der Waals surface area contributed by atoms with Crippen LogP contribution in [0, 0.1) is 0 Å². The summed E-state index contributed by atoms with van der Waals surface area (Å²) in [5, 5.41) is 3.71. The molecular formula is C25H21BrClN3O4S. The molecule has 5 rings (SSSR count). The molecule has 1 atom stereocenters. The number of para-hydroxylation sites is 1. The Morgan fingerprint density at radius 3 is 2.86 bits per heavy atom. The molecule has 0 spiro atoms. The van der Waals surface area contributed by atoms with Crippen LogP contribution in [0.5, 0.6) is 0 Å². The number of nitrogens with one attached hydrogen (secondary N) is 1.